The molecule has 0 aliphatic heterocycles. The van der Waals surface area contributed by atoms with Gasteiger partial charge in [0.2, 0.25) is 0 Å². The molecule has 0 unspecified atom stereocenters. The van der Waals surface area contributed by atoms with Crippen molar-refractivity contribution in [3.8, 4) is 16.9 Å². The Kier molecular flexibility index (Phi) is 6.62. The van der Waals surface area contributed by atoms with E-state index in [4.69, 9.17) is 0 Å². The zero-order valence-corrected chi connectivity index (χ0v) is 22.0. The third-order valence-corrected chi connectivity index (χ3v) is 6.35. The second-order valence-corrected chi connectivity index (χ2v) is 11.5. The van der Waals surface area contributed by atoms with Gasteiger partial charge in [0.15, 0.2) is 0 Å². The summed E-state index contributed by atoms with van der Waals surface area (Å²) in [4.78, 5) is 4.34. The topological polar surface area (TPSA) is 33.1 Å². The summed E-state index contributed by atoms with van der Waals surface area (Å²) in [6, 6.07) is 8.76. The number of aryl methyl sites for hydroxylation is 4. The van der Waals surface area contributed by atoms with Crippen LogP contribution in [0.2, 0.25) is 0 Å². The lowest BCUT2D eigenvalue weighted by Gasteiger charge is -2.27. The van der Waals surface area contributed by atoms with Crippen LogP contribution in [0.15, 0.2) is 36.7 Å². The molecular formula is C31H39NO. The molecule has 3 aromatic rings. The zero-order valence-electron chi connectivity index (χ0n) is 22.0. The van der Waals surface area contributed by atoms with Gasteiger partial charge in [-0.2, -0.15) is 0 Å². The van der Waals surface area contributed by atoms with Gasteiger partial charge in [-0.25, -0.2) is 0 Å². The summed E-state index contributed by atoms with van der Waals surface area (Å²) in [5.74, 6) is 0.422. The second-order valence-electron chi connectivity index (χ2n) is 11.5. The van der Waals surface area contributed by atoms with Crippen LogP contribution in [0.25, 0.3) is 23.3 Å². The highest BCUT2D eigenvalue weighted by atomic mass is 16.3. The number of nitrogens with zero attached hydrogens (tertiary/aromatic N) is 1. The molecule has 0 spiro atoms. The van der Waals surface area contributed by atoms with Crippen LogP contribution in [0, 0.1) is 27.7 Å². The number of aromatic hydroxyl groups is 1. The van der Waals surface area contributed by atoms with Crippen LogP contribution in [0.1, 0.15) is 86.1 Å². The van der Waals surface area contributed by atoms with E-state index in [-0.39, 0.29) is 10.8 Å². The van der Waals surface area contributed by atoms with Gasteiger partial charge in [0, 0.05) is 23.5 Å². The van der Waals surface area contributed by atoms with Gasteiger partial charge in [0.1, 0.15) is 5.75 Å². The summed E-state index contributed by atoms with van der Waals surface area (Å²) in [7, 11) is 0. The first kappa shape index (κ1) is 24.8. The molecule has 33 heavy (non-hydrogen) atoms. The molecule has 0 aliphatic carbocycles. The maximum atomic E-state index is 11.0. The Hall–Kier alpha value is -2.87. The number of rotatable bonds is 3. The quantitative estimate of drug-likeness (QED) is 0.414. The normalized spacial score (nSPS) is 12.5. The van der Waals surface area contributed by atoms with Gasteiger partial charge < -0.3 is 5.11 Å². The van der Waals surface area contributed by atoms with Gasteiger partial charge in [0.25, 0.3) is 0 Å². The Morgan fingerprint density at radius 3 is 1.36 bits per heavy atom. The molecule has 2 heteroatoms. The van der Waals surface area contributed by atoms with Crippen LogP contribution in [0.4, 0.5) is 0 Å². The highest BCUT2D eigenvalue weighted by molar-refractivity contribution is 5.79. The molecule has 0 saturated heterocycles. The van der Waals surface area contributed by atoms with Crippen LogP contribution >= 0.6 is 0 Å². The Balaban J connectivity index is 2.08. The molecule has 1 heterocycles. The predicted octanol–water partition coefficient (Wildman–Crippen LogP) is 8.45. The predicted molar refractivity (Wildman–Crippen MR) is 143 cm³/mol. The fourth-order valence-corrected chi connectivity index (χ4v) is 4.67. The van der Waals surface area contributed by atoms with E-state index in [9.17, 15) is 5.11 Å². The SMILES string of the molecule is Cc1cncc(C)c1-c1c(C)cc(/C=C/c2cc(C(C)(C)C)c(O)c(C(C)(C)C)c2)cc1C. The smallest absolute Gasteiger partial charge is 0.123 e. The van der Waals surface area contributed by atoms with E-state index >= 15 is 0 Å². The van der Waals surface area contributed by atoms with Crippen LogP contribution in [0.5, 0.6) is 5.75 Å². The van der Waals surface area contributed by atoms with E-state index in [1.807, 2.05) is 12.4 Å². The number of pyridine rings is 1. The highest BCUT2D eigenvalue weighted by Crippen LogP contribution is 2.40. The maximum Gasteiger partial charge on any atom is 0.123 e. The van der Waals surface area contributed by atoms with Gasteiger partial charge in [-0.05, 0) is 95.2 Å². The van der Waals surface area contributed by atoms with E-state index in [0.29, 0.717) is 5.75 Å². The number of hydrogen-bond acceptors (Lipinski definition) is 2. The Bertz CT molecular complexity index is 1140. The minimum Gasteiger partial charge on any atom is -0.507 e. The Morgan fingerprint density at radius 1 is 0.606 bits per heavy atom. The summed E-state index contributed by atoms with van der Waals surface area (Å²) in [5.41, 5.74) is 11.5. The Labute approximate surface area is 200 Å². The molecule has 0 amide bonds. The molecule has 0 bridgehead atoms. The second kappa shape index (κ2) is 8.82. The fourth-order valence-electron chi connectivity index (χ4n) is 4.67. The van der Waals surface area contributed by atoms with E-state index in [1.165, 1.54) is 38.9 Å². The minimum absolute atomic E-state index is 0.136. The number of aromatic nitrogens is 1. The number of hydrogen-bond donors (Lipinski definition) is 1. The molecule has 1 aromatic heterocycles. The van der Waals surface area contributed by atoms with Crippen molar-refractivity contribution in [2.75, 3.05) is 0 Å². The van der Waals surface area contributed by atoms with E-state index in [0.717, 1.165) is 16.7 Å². The van der Waals surface area contributed by atoms with Crippen LogP contribution in [-0.4, -0.2) is 10.1 Å². The molecule has 1 N–H and O–H groups in total. The van der Waals surface area contributed by atoms with E-state index < -0.39 is 0 Å². The largest absolute Gasteiger partial charge is 0.507 e. The Morgan fingerprint density at radius 2 is 0.970 bits per heavy atom. The lowest BCUT2D eigenvalue weighted by molar-refractivity contribution is 0.423. The number of phenolic OH excluding ortho intramolecular Hbond substituents is 1. The molecule has 0 atom stereocenters. The summed E-state index contributed by atoms with van der Waals surface area (Å²) < 4.78 is 0. The minimum atomic E-state index is -0.136. The van der Waals surface area contributed by atoms with Crippen molar-refractivity contribution in [2.24, 2.45) is 0 Å². The average Bonchev–Trinajstić information content (AvgIpc) is 2.67. The lowest BCUT2D eigenvalue weighted by atomic mass is 9.78. The molecule has 3 rings (SSSR count). The number of benzene rings is 2. The molecule has 2 nitrogen and oxygen atoms in total. The van der Waals surface area contributed by atoms with Gasteiger partial charge in [-0.3, -0.25) is 4.98 Å². The van der Waals surface area contributed by atoms with Crippen LogP contribution < -0.4 is 0 Å². The van der Waals surface area contributed by atoms with E-state index in [1.54, 1.807) is 0 Å². The molecule has 0 fully saturated rings. The molecule has 0 aliphatic rings. The van der Waals surface area contributed by atoms with Gasteiger partial charge in [0.05, 0.1) is 0 Å². The fraction of sp³-hybridized carbons (Fsp3) is 0.387. The van der Waals surface area contributed by atoms with Crippen molar-refractivity contribution in [3.05, 3.63) is 81.2 Å². The van der Waals surface area contributed by atoms with Crippen LogP contribution in [-0.2, 0) is 10.8 Å². The standard InChI is InChI=1S/C31H39NO/c1-19-13-23(14-20(2)27(19)28-21(3)17-32-18-22(28)4)11-12-24-15-25(30(5,6)7)29(33)26(16-24)31(8,9)10/h11-18,33H,1-10H3/b12-11+. The van der Waals surface area contributed by atoms with Crippen molar-refractivity contribution >= 4 is 12.2 Å². The zero-order chi connectivity index (χ0) is 24.7. The first-order chi connectivity index (χ1) is 15.2. The van der Waals surface area contributed by atoms with Crippen LogP contribution in [0.3, 0.4) is 0 Å². The third-order valence-electron chi connectivity index (χ3n) is 6.35. The third kappa shape index (κ3) is 5.21. The average molecular weight is 442 g/mol. The summed E-state index contributed by atoms with van der Waals surface area (Å²) in [6.45, 7) is 21.5. The first-order valence-electron chi connectivity index (χ1n) is 11.8. The lowest BCUT2D eigenvalue weighted by Crippen LogP contribution is -2.17. The van der Waals surface area contributed by atoms with Gasteiger partial charge in [-0.1, -0.05) is 65.8 Å². The van der Waals surface area contributed by atoms with Crippen molar-refractivity contribution in [3.63, 3.8) is 0 Å². The molecule has 174 valence electrons. The van der Waals surface area contributed by atoms with Crippen molar-refractivity contribution in [2.45, 2.75) is 80.1 Å². The summed E-state index contributed by atoms with van der Waals surface area (Å²) >= 11 is 0. The molecular weight excluding hydrogens is 402 g/mol. The first-order valence-corrected chi connectivity index (χ1v) is 11.8. The summed E-state index contributed by atoms with van der Waals surface area (Å²) in [5, 5.41) is 11.0. The van der Waals surface area contributed by atoms with Gasteiger partial charge in [-0.15, -0.1) is 0 Å². The maximum absolute atomic E-state index is 11.0. The van der Waals surface area contributed by atoms with Crippen molar-refractivity contribution in [1.29, 1.82) is 0 Å². The molecule has 2 aromatic carbocycles. The van der Waals surface area contributed by atoms with Gasteiger partial charge >= 0.3 is 0 Å². The molecule has 0 radical (unpaired) electrons. The van der Waals surface area contributed by atoms with E-state index in [2.05, 4.69) is 111 Å². The van der Waals surface area contributed by atoms with Crippen molar-refractivity contribution in [1.82, 2.24) is 4.98 Å². The monoisotopic (exact) mass is 441 g/mol. The summed E-state index contributed by atoms with van der Waals surface area (Å²) in [6.07, 6.45) is 8.24. The van der Waals surface area contributed by atoms with Crippen molar-refractivity contribution < 1.29 is 5.11 Å². The highest BCUT2D eigenvalue weighted by Gasteiger charge is 2.26. The number of phenols is 1. The molecule has 0 saturated carbocycles.